The molecule has 1 heterocycles. The summed E-state index contributed by atoms with van der Waals surface area (Å²) in [7, 11) is -2.24. The highest BCUT2D eigenvalue weighted by molar-refractivity contribution is 7.91. The van der Waals surface area contributed by atoms with E-state index in [2.05, 4.69) is 5.32 Å². The Kier molecular flexibility index (Phi) is 5.03. The fourth-order valence-electron chi connectivity index (χ4n) is 2.65. The molecule has 2 aromatic carbocycles. The van der Waals surface area contributed by atoms with E-state index < -0.39 is 27.6 Å². The average molecular weight is 407 g/mol. The molecule has 1 aliphatic heterocycles. The van der Waals surface area contributed by atoms with Crippen molar-refractivity contribution in [1.29, 1.82) is 0 Å². The van der Waals surface area contributed by atoms with Crippen LogP contribution in [-0.4, -0.2) is 43.8 Å². The number of carbonyl (C=O) groups excluding carboxylic acids is 3. The van der Waals surface area contributed by atoms with Crippen LogP contribution in [-0.2, 0) is 14.6 Å². The number of nitrogens with zero attached hydrogens (tertiary/aromatic N) is 1. The molecular formula is C18H15ClN2O5S. The van der Waals surface area contributed by atoms with Gasteiger partial charge in [-0.3, -0.25) is 19.3 Å². The van der Waals surface area contributed by atoms with Crippen molar-refractivity contribution < 1.29 is 22.8 Å². The first-order valence-corrected chi connectivity index (χ1v) is 9.97. The van der Waals surface area contributed by atoms with Crippen LogP contribution in [0.5, 0.6) is 0 Å². The molecule has 0 aromatic heterocycles. The van der Waals surface area contributed by atoms with Crippen LogP contribution in [0.4, 0.5) is 5.69 Å². The Labute approximate surface area is 160 Å². The summed E-state index contributed by atoms with van der Waals surface area (Å²) >= 11 is 5.74. The summed E-state index contributed by atoms with van der Waals surface area (Å²) in [4.78, 5) is 37.0. The summed E-state index contributed by atoms with van der Waals surface area (Å²) in [6.45, 7) is 0. The summed E-state index contributed by atoms with van der Waals surface area (Å²) in [6, 6.07) is 10.1. The van der Waals surface area contributed by atoms with Crippen LogP contribution in [0.3, 0.4) is 0 Å². The lowest BCUT2D eigenvalue weighted by atomic mass is 10.1. The Hall–Kier alpha value is -2.71. The van der Waals surface area contributed by atoms with Crippen molar-refractivity contribution >= 4 is 44.8 Å². The van der Waals surface area contributed by atoms with E-state index in [-0.39, 0.29) is 28.2 Å². The molecule has 7 nitrogen and oxygen atoms in total. The Morgan fingerprint density at radius 2 is 1.67 bits per heavy atom. The van der Waals surface area contributed by atoms with E-state index in [1.54, 1.807) is 0 Å². The second kappa shape index (κ2) is 7.13. The number of carbonyl (C=O) groups is 3. The first kappa shape index (κ1) is 19.1. The third-order valence-electron chi connectivity index (χ3n) is 4.14. The van der Waals surface area contributed by atoms with Crippen LogP contribution in [0.1, 0.15) is 27.1 Å². The normalized spacial score (nSPS) is 13.6. The van der Waals surface area contributed by atoms with Crippen molar-refractivity contribution in [3.05, 3.63) is 58.6 Å². The average Bonchev–Trinajstić information content (AvgIpc) is 2.85. The van der Waals surface area contributed by atoms with Crippen molar-refractivity contribution in [3.63, 3.8) is 0 Å². The van der Waals surface area contributed by atoms with Gasteiger partial charge in [-0.1, -0.05) is 11.6 Å². The SMILES string of the molecule is CN1C(=O)c2ccc(NC(=O)CCS(=O)(=O)c3ccc(Cl)cc3)cc2C1=O. The summed E-state index contributed by atoms with van der Waals surface area (Å²) in [5.74, 6) is -1.73. The molecule has 0 radical (unpaired) electrons. The van der Waals surface area contributed by atoms with Gasteiger partial charge in [0.05, 0.1) is 21.8 Å². The number of amides is 3. The minimum Gasteiger partial charge on any atom is -0.326 e. The van der Waals surface area contributed by atoms with Crippen molar-refractivity contribution in [1.82, 2.24) is 4.90 Å². The molecule has 3 rings (SSSR count). The zero-order chi connectivity index (χ0) is 19.8. The van der Waals surface area contributed by atoms with Crippen molar-refractivity contribution in [2.24, 2.45) is 0 Å². The molecule has 0 saturated heterocycles. The highest BCUT2D eigenvalue weighted by Gasteiger charge is 2.32. The van der Waals surface area contributed by atoms with Gasteiger partial charge in [-0.15, -0.1) is 0 Å². The standard InChI is InChI=1S/C18H15ClN2O5S/c1-21-17(23)14-7-4-12(10-15(14)18(21)24)20-16(22)8-9-27(25,26)13-5-2-11(19)3-6-13/h2-7,10H,8-9H2,1H3,(H,20,22). The van der Waals surface area contributed by atoms with Crippen LogP contribution in [0.2, 0.25) is 5.02 Å². The van der Waals surface area contributed by atoms with Crippen LogP contribution in [0, 0.1) is 0 Å². The first-order chi connectivity index (χ1) is 12.7. The second-order valence-electron chi connectivity index (χ2n) is 6.00. The highest BCUT2D eigenvalue weighted by atomic mass is 35.5. The number of imide groups is 1. The number of fused-ring (bicyclic) bond motifs is 1. The molecular weight excluding hydrogens is 392 g/mol. The smallest absolute Gasteiger partial charge is 0.261 e. The lowest BCUT2D eigenvalue weighted by Gasteiger charge is -2.07. The molecule has 1 N–H and O–H groups in total. The Morgan fingerprint density at radius 1 is 1.04 bits per heavy atom. The third kappa shape index (κ3) is 3.86. The lowest BCUT2D eigenvalue weighted by molar-refractivity contribution is -0.115. The topological polar surface area (TPSA) is 101 Å². The molecule has 0 atom stereocenters. The maximum absolute atomic E-state index is 12.3. The van der Waals surface area contributed by atoms with Gasteiger partial charge < -0.3 is 5.32 Å². The Morgan fingerprint density at radius 3 is 2.33 bits per heavy atom. The van der Waals surface area contributed by atoms with Gasteiger partial charge >= 0.3 is 0 Å². The first-order valence-electron chi connectivity index (χ1n) is 7.93. The fourth-order valence-corrected chi connectivity index (χ4v) is 4.02. The van der Waals surface area contributed by atoms with E-state index in [9.17, 15) is 22.8 Å². The zero-order valence-electron chi connectivity index (χ0n) is 14.2. The lowest BCUT2D eigenvalue weighted by Crippen LogP contribution is -2.24. The minimum atomic E-state index is -3.62. The molecule has 0 saturated carbocycles. The van der Waals surface area contributed by atoms with Gasteiger partial charge in [0.25, 0.3) is 11.8 Å². The second-order valence-corrected chi connectivity index (χ2v) is 8.55. The molecule has 3 amide bonds. The minimum absolute atomic E-state index is 0.0874. The van der Waals surface area contributed by atoms with Gasteiger partial charge in [0.15, 0.2) is 9.84 Å². The molecule has 0 aliphatic carbocycles. The quantitative estimate of drug-likeness (QED) is 0.768. The number of nitrogens with one attached hydrogen (secondary N) is 1. The molecule has 140 valence electrons. The number of hydrogen-bond donors (Lipinski definition) is 1. The fraction of sp³-hybridized carbons (Fsp3) is 0.167. The highest BCUT2D eigenvalue weighted by Crippen LogP contribution is 2.25. The molecule has 2 aromatic rings. The largest absolute Gasteiger partial charge is 0.326 e. The molecule has 0 spiro atoms. The van der Waals surface area contributed by atoms with Gasteiger partial charge in [-0.25, -0.2) is 8.42 Å². The third-order valence-corrected chi connectivity index (χ3v) is 6.13. The number of hydrogen-bond acceptors (Lipinski definition) is 5. The maximum atomic E-state index is 12.3. The monoisotopic (exact) mass is 406 g/mol. The summed E-state index contributed by atoms with van der Waals surface area (Å²) in [5, 5.41) is 2.97. The number of halogens is 1. The van der Waals surface area contributed by atoms with E-state index >= 15 is 0 Å². The molecule has 1 aliphatic rings. The zero-order valence-corrected chi connectivity index (χ0v) is 15.8. The van der Waals surface area contributed by atoms with Crippen LogP contribution in [0.25, 0.3) is 0 Å². The predicted molar refractivity (Wildman–Crippen MR) is 99.6 cm³/mol. The van der Waals surface area contributed by atoms with E-state index in [1.165, 1.54) is 49.5 Å². The predicted octanol–water partition coefficient (Wildman–Crippen LogP) is 2.37. The van der Waals surface area contributed by atoms with Gasteiger partial charge in [0.1, 0.15) is 0 Å². The van der Waals surface area contributed by atoms with Crippen molar-refractivity contribution in [2.75, 3.05) is 18.1 Å². The van der Waals surface area contributed by atoms with Gasteiger partial charge in [-0.2, -0.15) is 0 Å². The van der Waals surface area contributed by atoms with E-state index in [0.29, 0.717) is 10.7 Å². The van der Waals surface area contributed by atoms with E-state index in [1.807, 2.05) is 0 Å². The van der Waals surface area contributed by atoms with Crippen molar-refractivity contribution in [3.8, 4) is 0 Å². The van der Waals surface area contributed by atoms with Crippen LogP contribution >= 0.6 is 11.6 Å². The number of sulfone groups is 1. The number of benzene rings is 2. The molecule has 0 fully saturated rings. The maximum Gasteiger partial charge on any atom is 0.261 e. The Bertz CT molecular complexity index is 1050. The van der Waals surface area contributed by atoms with E-state index in [0.717, 1.165) is 4.90 Å². The van der Waals surface area contributed by atoms with Gasteiger partial charge in [-0.05, 0) is 42.5 Å². The van der Waals surface area contributed by atoms with Crippen molar-refractivity contribution in [2.45, 2.75) is 11.3 Å². The van der Waals surface area contributed by atoms with Gasteiger partial charge in [0.2, 0.25) is 5.91 Å². The summed E-state index contributed by atoms with van der Waals surface area (Å²) in [5.41, 5.74) is 0.791. The molecule has 0 bridgehead atoms. The number of rotatable bonds is 5. The molecule has 27 heavy (non-hydrogen) atoms. The van der Waals surface area contributed by atoms with Crippen LogP contribution in [0.15, 0.2) is 47.4 Å². The van der Waals surface area contributed by atoms with Crippen LogP contribution < -0.4 is 5.32 Å². The molecule has 0 unspecified atom stereocenters. The summed E-state index contributed by atoms with van der Waals surface area (Å²) in [6.07, 6.45) is -0.255. The van der Waals surface area contributed by atoms with Gasteiger partial charge in [0, 0.05) is 24.2 Å². The summed E-state index contributed by atoms with van der Waals surface area (Å²) < 4.78 is 24.5. The van der Waals surface area contributed by atoms with E-state index in [4.69, 9.17) is 11.6 Å². The Balaban J connectivity index is 1.66. The number of anilines is 1. The molecule has 9 heteroatoms.